The molecule has 0 saturated heterocycles. The quantitative estimate of drug-likeness (QED) is 0.253. The van der Waals surface area contributed by atoms with Crippen molar-refractivity contribution in [1.29, 1.82) is 0 Å². The summed E-state index contributed by atoms with van der Waals surface area (Å²) < 4.78 is 17.4. The molecule has 152 valence electrons. The lowest BCUT2D eigenvalue weighted by Crippen LogP contribution is -2.25. The van der Waals surface area contributed by atoms with E-state index >= 15 is 0 Å². The SMILES string of the molecule is C=C(C)C(=O)OC(CCCCCC)COc1ccc(OCC)c2ccccc12. The largest absolute Gasteiger partial charge is 0.493 e. The van der Waals surface area contributed by atoms with Crippen molar-refractivity contribution in [2.45, 2.75) is 59.0 Å². The molecule has 1 unspecified atom stereocenters. The van der Waals surface area contributed by atoms with Crippen molar-refractivity contribution in [2.75, 3.05) is 13.2 Å². The van der Waals surface area contributed by atoms with E-state index in [1.54, 1.807) is 6.92 Å². The summed E-state index contributed by atoms with van der Waals surface area (Å²) in [7, 11) is 0. The van der Waals surface area contributed by atoms with E-state index in [9.17, 15) is 4.79 Å². The maximum Gasteiger partial charge on any atom is 0.333 e. The average Bonchev–Trinajstić information content (AvgIpc) is 2.70. The lowest BCUT2D eigenvalue weighted by molar-refractivity contribution is -0.146. The Morgan fingerprint density at radius 2 is 1.61 bits per heavy atom. The Morgan fingerprint density at radius 1 is 0.964 bits per heavy atom. The van der Waals surface area contributed by atoms with E-state index in [2.05, 4.69) is 13.5 Å². The van der Waals surface area contributed by atoms with Crippen LogP contribution in [0.15, 0.2) is 48.6 Å². The normalized spacial score (nSPS) is 11.8. The molecule has 0 heterocycles. The molecular formula is C24H32O4. The molecule has 0 bridgehead atoms. The number of carbonyl (C=O) groups is 1. The van der Waals surface area contributed by atoms with Gasteiger partial charge in [-0.1, -0.05) is 57.0 Å². The van der Waals surface area contributed by atoms with Gasteiger partial charge in [0.2, 0.25) is 0 Å². The molecular weight excluding hydrogens is 352 g/mol. The fraction of sp³-hybridized carbons (Fsp3) is 0.458. The number of fused-ring (bicyclic) bond motifs is 1. The van der Waals surface area contributed by atoms with Crippen molar-refractivity contribution in [3.63, 3.8) is 0 Å². The second-order valence-corrected chi connectivity index (χ2v) is 7.01. The Kier molecular flexibility index (Phi) is 8.86. The van der Waals surface area contributed by atoms with Crippen LogP contribution >= 0.6 is 0 Å². The summed E-state index contributed by atoms with van der Waals surface area (Å²) in [4.78, 5) is 12.0. The van der Waals surface area contributed by atoms with E-state index < -0.39 is 0 Å². The average molecular weight is 385 g/mol. The lowest BCUT2D eigenvalue weighted by Gasteiger charge is -2.20. The molecule has 28 heavy (non-hydrogen) atoms. The Morgan fingerprint density at radius 3 is 2.18 bits per heavy atom. The van der Waals surface area contributed by atoms with Gasteiger partial charge in [0.05, 0.1) is 6.61 Å². The summed E-state index contributed by atoms with van der Waals surface area (Å²) >= 11 is 0. The van der Waals surface area contributed by atoms with Gasteiger partial charge in [-0.05, 0) is 38.8 Å². The third kappa shape index (κ3) is 6.29. The van der Waals surface area contributed by atoms with Crippen LogP contribution in [0.5, 0.6) is 11.5 Å². The van der Waals surface area contributed by atoms with E-state index in [1.165, 1.54) is 12.8 Å². The fourth-order valence-corrected chi connectivity index (χ4v) is 3.06. The van der Waals surface area contributed by atoms with Crippen LogP contribution in [0.4, 0.5) is 0 Å². The minimum Gasteiger partial charge on any atom is -0.493 e. The van der Waals surface area contributed by atoms with Gasteiger partial charge in [-0.15, -0.1) is 0 Å². The monoisotopic (exact) mass is 384 g/mol. The minimum atomic E-state index is -0.361. The van der Waals surface area contributed by atoms with Crippen molar-refractivity contribution >= 4 is 16.7 Å². The molecule has 2 rings (SSSR count). The van der Waals surface area contributed by atoms with Crippen molar-refractivity contribution in [3.05, 3.63) is 48.6 Å². The van der Waals surface area contributed by atoms with Gasteiger partial charge in [0.25, 0.3) is 0 Å². The molecule has 0 fully saturated rings. The highest BCUT2D eigenvalue weighted by Crippen LogP contribution is 2.33. The smallest absolute Gasteiger partial charge is 0.333 e. The molecule has 0 amide bonds. The fourth-order valence-electron chi connectivity index (χ4n) is 3.06. The van der Waals surface area contributed by atoms with Gasteiger partial charge in [-0.25, -0.2) is 4.79 Å². The molecule has 4 heteroatoms. The van der Waals surface area contributed by atoms with Crippen LogP contribution in [0.2, 0.25) is 0 Å². The van der Waals surface area contributed by atoms with Crippen LogP contribution in [-0.2, 0) is 9.53 Å². The van der Waals surface area contributed by atoms with Gasteiger partial charge in [-0.3, -0.25) is 0 Å². The van der Waals surface area contributed by atoms with Crippen LogP contribution in [-0.4, -0.2) is 25.3 Å². The van der Waals surface area contributed by atoms with Crippen LogP contribution in [0.3, 0.4) is 0 Å². The molecule has 4 nitrogen and oxygen atoms in total. The van der Waals surface area contributed by atoms with E-state index in [0.717, 1.165) is 41.5 Å². The number of benzene rings is 2. The first-order valence-corrected chi connectivity index (χ1v) is 10.2. The molecule has 0 aromatic heterocycles. The van der Waals surface area contributed by atoms with Crippen molar-refractivity contribution in [3.8, 4) is 11.5 Å². The zero-order valence-electron chi connectivity index (χ0n) is 17.3. The van der Waals surface area contributed by atoms with E-state index in [0.29, 0.717) is 18.8 Å². The minimum absolute atomic E-state index is 0.286. The predicted molar refractivity (Wildman–Crippen MR) is 114 cm³/mol. The van der Waals surface area contributed by atoms with Crippen LogP contribution in [0.1, 0.15) is 52.9 Å². The zero-order chi connectivity index (χ0) is 20.4. The molecule has 1 atom stereocenters. The zero-order valence-corrected chi connectivity index (χ0v) is 17.3. The van der Waals surface area contributed by atoms with E-state index in [-0.39, 0.29) is 12.1 Å². The van der Waals surface area contributed by atoms with Crippen molar-refractivity contribution in [2.24, 2.45) is 0 Å². The first kappa shape index (κ1) is 21.8. The van der Waals surface area contributed by atoms with Gasteiger partial charge in [-0.2, -0.15) is 0 Å². The molecule has 0 N–H and O–H groups in total. The molecule has 0 aliphatic carbocycles. The summed E-state index contributed by atoms with van der Waals surface area (Å²) in [5, 5.41) is 2.00. The van der Waals surface area contributed by atoms with Gasteiger partial charge < -0.3 is 14.2 Å². The maximum atomic E-state index is 12.0. The Bertz CT molecular complexity index is 781. The highest BCUT2D eigenvalue weighted by atomic mass is 16.6. The molecule has 0 spiro atoms. The van der Waals surface area contributed by atoms with Crippen molar-refractivity contribution in [1.82, 2.24) is 0 Å². The summed E-state index contributed by atoms with van der Waals surface area (Å²) in [6, 6.07) is 11.9. The number of rotatable bonds is 12. The Balaban J connectivity index is 2.11. The highest BCUT2D eigenvalue weighted by molar-refractivity contribution is 5.93. The number of hydrogen-bond donors (Lipinski definition) is 0. The predicted octanol–water partition coefficient (Wildman–Crippen LogP) is 6.08. The van der Waals surface area contributed by atoms with Gasteiger partial charge in [0.15, 0.2) is 0 Å². The first-order valence-electron chi connectivity index (χ1n) is 10.2. The van der Waals surface area contributed by atoms with Crippen LogP contribution < -0.4 is 9.47 Å². The van der Waals surface area contributed by atoms with Gasteiger partial charge >= 0.3 is 5.97 Å². The number of esters is 1. The van der Waals surface area contributed by atoms with Gasteiger partial charge in [0, 0.05) is 16.3 Å². The van der Waals surface area contributed by atoms with E-state index in [1.807, 2.05) is 43.3 Å². The second-order valence-electron chi connectivity index (χ2n) is 7.01. The lowest BCUT2D eigenvalue weighted by atomic mass is 10.1. The number of carbonyl (C=O) groups excluding carboxylic acids is 1. The molecule has 0 saturated carbocycles. The molecule has 0 aliphatic heterocycles. The maximum absolute atomic E-state index is 12.0. The van der Waals surface area contributed by atoms with Gasteiger partial charge in [0.1, 0.15) is 24.2 Å². The van der Waals surface area contributed by atoms with Crippen LogP contribution in [0, 0.1) is 0 Å². The molecule has 0 radical (unpaired) electrons. The number of unbranched alkanes of at least 4 members (excludes halogenated alkanes) is 3. The molecule has 2 aromatic carbocycles. The summed E-state index contributed by atoms with van der Waals surface area (Å²) in [6.07, 6.45) is 5.00. The van der Waals surface area contributed by atoms with E-state index in [4.69, 9.17) is 14.2 Å². The Hall–Kier alpha value is -2.49. The number of ether oxygens (including phenoxy) is 3. The second kappa shape index (κ2) is 11.4. The highest BCUT2D eigenvalue weighted by Gasteiger charge is 2.17. The summed E-state index contributed by atoms with van der Waals surface area (Å²) in [5.41, 5.74) is 0.407. The topological polar surface area (TPSA) is 44.8 Å². The third-order valence-electron chi connectivity index (χ3n) is 4.57. The number of hydrogen-bond acceptors (Lipinski definition) is 4. The van der Waals surface area contributed by atoms with Crippen molar-refractivity contribution < 1.29 is 19.0 Å². The van der Waals surface area contributed by atoms with Crippen LogP contribution in [0.25, 0.3) is 10.8 Å². The molecule has 0 aliphatic rings. The standard InChI is InChI=1S/C24H32O4/c1-5-7-8-9-12-19(28-24(25)18(3)4)17-27-23-16-15-22(26-6-2)20-13-10-11-14-21(20)23/h10-11,13-16,19H,3,5-9,12,17H2,1-2,4H3. The molecule has 2 aromatic rings. The summed E-state index contributed by atoms with van der Waals surface area (Å²) in [6.45, 7) is 10.4. The first-order chi connectivity index (χ1) is 13.6. The third-order valence-corrected chi connectivity index (χ3v) is 4.57. The Labute approximate surface area is 168 Å². The summed E-state index contributed by atoms with van der Waals surface area (Å²) in [5.74, 6) is 1.25.